The number of imide groups is 1. The van der Waals surface area contributed by atoms with E-state index in [9.17, 15) is 14.7 Å². The Hall–Kier alpha value is -1.89. The van der Waals surface area contributed by atoms with Crippen LogP contribution >= 0.6 is 11.6 Å². The number of hydrogen-bond donors (Lipinski definition) is 1. The number of likely N-dealkylation sites (tertiary alicyclic amines) is 1. The molecule has 1 heterocycles. The van der Waals surface area contributed by atoms with Crippen LogP contribution in [-0.4, -0.2) is 54.3 Å². The van der Waals surface area contributed by atoms with Crippen molar-refractivity contribution in [1.29, 1.82) is 0 Å². The molecule has 1 saturated heterocycles. The number of fused-ring (bicyclic) bond motifs is 1. The summed E-state index contributed by atoms with van der Waals surface area (Å²) in [4.78, 5) is 25.8. The molecule has 1 fully saturated rings. The Kier molecular flexibility index (Phi) is 6.29. The third-order valence-electron chi connectivity index (χ3n) is 4.61. The van der Waals surface area contributed by atoms with Gasteiger partial charge in [-0.2, -0.15) is 0 Å². The highest BCUT2D eigenvalue weighted by atomic mass is 35.5. The summed E-state index contributed by atoms with van der Waals surface area (Å²) in [6.07, 6.45) is 4.17. The van der Waals surface area contributed by atoms with E-state index in [1.54, 1.807) is 24.3 Å². The molecule has 0 saturated carbocycles. The molecule has 1 aromatic carbocycles. The quantitative estimate of drug-likeness (QED) is 0.425. The van der Waals surface area contributed by atoms with E-state index in [1.807, 2.05) is 12.2 Å². The number of ether oxygens (including phenoxy) is 2. The molecule has 26 heavy (non-hydrogen) atoms. The van der Waals surface area contributed by atoms with Crippen LogP contribution in [0.3, 0.4) is 0 Å². The molecule has 1 aliphatic heterocycles. The molecule has 0 bridgehead atoms. The molecule has 2 amide bonds. The first-order valence-electron chi connectivity index (χ1n) is 8.70. The summed E-state index contributed by atoms with van der Waals surface area (Å²) in [5, 5.41) is 10.7. The molecule has 1 N–H and O–H groups in total. The molecule has 0 unspecified atom stereocenters. The van der Waals surface area contributed by atoms with E-state index in [0.717, 1.165) is 0 Å². The van der Waals surface area contributed by atoms with Gasteiger partial charge in [0.05, 0.1) is 37.7 Å². The van der Waals surface area contributed by atoms with E-state index in [0.29, 0.717) is 30.2 Å². The van der Waals surface area contributed by atoms with Gasteiger partial charge < -0.3 is 14.6 Å². The fourth-order valence-electron chi connectivity index (χ4n) is 3.28. The molecule has 0 radical (unpaired) electrons. The Morgan fingerprint density at radius 1 is 1.08 bits per heavy atom. The predicted octanol–water partition coefficient (Wildman–Crippen LogP) is 2.05. The fraction of sp³-hybridized carbons (Fsp3) is 0.474. The highest BCUT2D eigenvalue weighted by Gasteiger charge is 2.47. The van der Waals surface area contributed by atoms with Crippen molar-refractivity contribution in [3.8, 4) is 5.75 Å². The van der Waals surface area contributed by atoms with Gasteiger partial charge in [-0.3, -0.25) is 14.5 Å². The number of carbonyl (C=O) groups excluding carboxylic acids is 2. The summed E-state index contributed by atoms with van der Waals surface area (Å²) in [7, 11) is 0. The summed E-state index contributed by atoms with van der Waals surface area (Å²) < 4.78 is 10.9. The van der Waals surface area contributed by atoms with Crippen LogP contribution < -0.4 is 4.74 Å². The molecule has 1 aromatic rings. The molecular formula is C19H22ClNO5. The second-order valence-corrected chi connectivity index (χ2v) is 6.91. The molecular weight excluding hydrogens is 358 g/mol. The average Bonchev–Trinajstić information content (AvgIpc) is 2.88. The predicted molar refractivity (Wildman–Crippen MR) is 95.8 cm³/mol. The van der Waals surface area contributed by atoms with Gasteiger partial charge in [0.2, 0.25) is 11.8 Å². The van der Waals surface area contributed by atoms with Crippen LogP contribution in [-0.2, 0) is 14.3 Å². The Bertz CT molecular complexity index is 649. The van der Waals surface area contributed by atoms with E-state index >= 15 is 0 Å². The van der Waals surface area contributed by atoms with Crippen molar-refractivity contribution < 1.29 is 24.2 Å². The monoisotopic (exact) mass is 379 g/mol. The minimum atomic E-state index is -0.911. The second kappa shape index (κ2) is 8.66. The molecule has 140 valence electrons. The number of β-amino-alcohol motifs (C(OH)–C–C–N with tert-alkyl or cyclic N) is 1. The molecule has 7 heteroatoms. The summed E-state index contributed by atoms with van der Waals surface area (Å²) >= 11 is 5.80. The maximum atomic E-state index is 12.3. The first kappa shape index (κ1) is 18.9. The smallest absolute Gasteiger partial charge is 0.233 e. The number of aliphatic hydroxyl groups is 1. The van der Waals surface area contributed by atoms with Crippen LogP contribution in [0.15, 0.2) is 36.4 Å². The van der Waals surface area contributed by atoms with E-state index in [4.69, 9.17) is 21.1 Å². The van der Waals surface area contributed by atoms with Gasteiger partial charge in [-0.25, -0.2) is 0 Å². The number of halogens is 1. The lowest BCUT2D eigenvalue weighted by molar-refractivity contribution is -0.142. The molecule has 3 atom stereocenters. The van der Waals surface area contributed by atoms with Crippen LogP contribution in [0.5, 0.6) is 5.75 Å². The molecule has 3 rings (SSSR count). The zero-order valence-electron chi connectivity index (χ0n) is 14.3. The van der Waals surface area contributed by atoms with Crippen molar-refractivity contribution in [3.63, 3.8) is 0 Å². The van der Waals surface area contributed by atoms with E-state index in [1.165, 1.54) is 4.90 Å². The number of hydrogen-bond acceptors (Lipinski definition) is 5. The minimum absolute atomic E-state index is 0.0251. The van der Waals surface area contributed by atoms with Gasteiger partial charge in [0.1, 0.15) is 12.4 Å². The number of nitrogens with zero attached hydrogens (tertiary/aromatic N) is 1. The zero-order valence-corrected chi connectivity index (χ0v) is 15.1. The molecule has 2 aliphatic rings. The maximum Gasteiger partial charge on any atom is 0.233 e. The van der Waals surface area contributed by atoms with Gasteiger partial charge in [0, 0.05) is 5.02 Å². The van der Waals surface area contributed by atoms with Gasteiger partial charge in [0.25, 0.3) is 0 Å². The highest BCUT2D eigenvalue weighted by Crippen LogP contribution is 2.35. The maximum absolute atomic E-state index is 12.3. The summed E-state index contributed by atoms with van der Waals surface area (Å²) in [6.45, 7) is 0.625. The zero-order chi connectivity index (χ0) is 18.5. The van der Waals surface area contributed by atoms with Crippen LogP contribution in [0.2, 0.25) is 5.02 Å². The lowest BCUT2D eigenvalue weighted by Crippen LogP contribution is -2.39. The van der Waals surface area contributed by atoms with Gasteiger partial charge in [-0.15, -0.1) is 0 Å². The number of benzene rings is 1. The standard InChI is InChI=1S/C19H22ClNO5/c20-13-5-7-15(8-6-13)26-10-9-25-12-14(22)11-21-18(23)16-3-1-2-4-17(16)19(21)24/h1-2,5-8,14,16-17,22H,3-4,9-12H2/t14-,16+,17+/m0/s1. The van der Waals surface area contributed by atoms with Gasteiger partial charge in [-0.1, -0.05) is 23.8 Å². The lowest BCUT2D eigenvalue weighted by Gasteiger charge is -2.19. The Morgan fingerprint density at radius 3 is 2.31 bits per heavy atom. The van der Waals surface area contributed by atoms with Crippen LogP contribution in [0.4, 0.5) is 0 Å². The van der Waals surface area contributed by atoms with Crippen LogP contribution in [0.25, 0.3) is 0 Å². The highest BCUT2D eigenvalue weighted by molar-refractivity contribution is 6.30. The van der Waals surface area contributed by atoms with E-state index in [2.05, 4.69) is 0 Å². The Balaban J connectivity index is 1.36. The Labute approximate surface area is 157 Å². The summed E-state index contributed by atoms with van der Waals surface area (Å²) in [5.41, 5.74) is 0. The number of allylic oxidation sites excluding steroid dienone is 2. The minimum Gasteiger partial charge on any atom is -0.491 e. The fourth-order valence-corrected chi connectivity index (χ4v) is 3.41. The summed E-state index contributed by atoms with van der Waals surface area (Å²) in [6, 6.07) is 6.99. The third kappa shape index (κ3) is 4.44. The number of rotatable bonds is 8. The number of amides is 2. The van der Waals surface area contributed by atoms with E-state index in [-0.39, 0.29) is 43.4 Å². The van der Waals surface area contributed by atoms with Crippen molar-refractivity contribution in [2.45, 2.75) is 18.9 Å². The first-order chi connectivity index (χ1) is 12.6. The molecule has 0 spiro atoms. The van der Waals surface area contributed by atoms with Gasteiger partial charge >= 0.3 is 0 Å². The third-order valence-corrected chi connectivity index (χ3v) is 4.86. The molecule has 1 aliphatic carbocycles. The van der Waals surface area contributed by atoms with Crippen molar-refractivity contribution in [3.05, 3.63) is 41.4 Å². The molecule has 0 aromatic heterocycles. The van der Waals surface area contributed by atoms with Crippen molar-refractivity contribution in [2.24, 2.45) is 11.8 Å². The number of aliphatic hydroxyl groups excluding tert-OH is 1. The average molecular weight is 380 g/mol. The molecule has 6 nitrogen and oxygen atoms in total. The largest absolute Gasteiger partial charge is 0.491 e. The van der Waals surface area contributed by atoms with Crippen molar-refractivity contribution in [2.75, 3.05) is 26.4 Å². The normalized spacial score (nSPS) is 23.2. The number of carbonyl (C=O) groups is 2. The SMILES string of the molecule is O=C1[C@@H]2CC=CC[C@H]2C(=O)N1C[C@H](O)COCCOc1ccc(Cl)cc1. The van der Waals surface area contributed by atoms with Crippen LogP contribution in [0, 0.1) is 11.8 Å². The van der Waals surface area contributed by atoms with Crippen LogP contribution in [0.1, 0.15) is 12.8 Å². The van der Waals surface area contributed by atoms with Crippen molar-refractivity contribution in [1.82, 2.24) is 4.90 Å². The van der Waals surface area contributed by atoms with Crippen molar-refractivity contribution >= 4 is 23.4 Å². The van der Waals surface area contributed by atoms with Gasteiger partial charge in [0.15, 0.2) is 0 Å². The lowest BCUT2D eigenvalue weighted by atomic mass is 9.85. The summed E-state index contributed by atoms with van der Waals surface area (Å²) in [5.74, 6) is -0.228. The topological polar surface area (TPSA) is 76.1 Å². The van der Waals surface area contributed by atoms with E-state index < -0.39 is 6.10 Å². The first-order valence-corrected chi connectivity index (χ1v) is 9.08. The second-order valence-electron chi connectivity index (χ2n) is 6.47. The van der Waals surface area contributed by atoms with Gasteiger partial charge in [-0.05, 0) is 37.1 Å². The Morgan fingerprint density at radius 2 is 1.69 bits per heavy atom.